The van der Waals surface area contributed by atoms with E-state index in [9.17, 15) is 9.59 Å². The zero-order chi connectivity index (χ0) is 18.5. The first-order chi connectivity index (χ1) is 12.6. The lowest BCUT2D eigenvalue weighted by Crippen LogP contribution is -2.46. The molecule has 0 bridgehead atoms. The number of amides is 2. The zero-order valence-electron chi connectivity index (χ0n) is 15.7. The number of para-hydroxylation sites is 1. The second kappa shape index (κ2) is 8.54. The highest BCUT2D eigenvalue weighted by Crippen LogP contribution is 2.32. The first kappa shape index (κ1) is 18.7. The third-order valence-electron chi connectivity index (χ3n) is 5.27. The van der Waals surface area contributed by atoms with Crippen molar-refractivity contribution in [2.75, 3.05) is 31.1 Å². The van der Waals surface area contributed by atoms with Crippen LogP contribution in [0.2, 0.25) is 0 Å². The van der Waals surface area contributed by atoms with Crippen LogP contribution in [0.1, 0.15) is 38.7 Å². The van der Waals surface area contributed by atoms with Crippen LogP contribution in [0.15, 0.2) is 24.3 Å². The number of likely N-dealkylation sites (tertiary alicyclic amines) is 1. The summed E-state index contributed by atoms with van der Waals surface area (Å²) >= 11 is 0. The van der Waals surface area contributed by atoms with Gasteiger partial charge in [-0.15, -0.1) is 0 Å². The maximum absolute atomic E-state index is 12.7. The monoisotopic (exact) mass is 359 g/mol. The smallest absolute Gasteiger partial charge is 0.409 e. The summed E-state index contributed by atoms with van der Waals surface area (Å²) in [4.78, 5) is 28.1. The number of anilines is 1. The summed E-state index contributed by atoms with van der Waals surface area (Å²) in [6.07, 6.45) is 3.01. The summed E-state index contributed by atoms with van der Waals surface area (Å²) in [5.41, 5.74) is 2.32. The molecule has 0 radical (unpaired) electrons. The zero-order valence-corrected chi connectivity index (χ0v) is 15.7. The van der Waals surface area contributed by atoms with E-state index in [2.05, 4.69) is 18.3 Å². The predicted molar refractivity (Wildman–Crippen MR) is 101 cm³/mol. The Kier molecular flexibility index (Phi) is 6.14. The lowest BCUT2D eigenvalue weighted by atomic mass is 10.1. The van der Waals surface area contributed by atoms with Gasteiger partial charge in [-0.25, -0.2) is 4.79 Å². The lowest BCUT2D eigenvalue weighted by molar-refractivity contribution is -0.118. The summed E-state index contributed by atoms with van der Waals surface area (Å²) in [5.74, 6) is 0.180. The summed E-state index contributed by atoms with van der Waals surface area (Å²) in [6, 6.07) is 8.75. The molecular weight excluding hydrogens is 330 g/mol. The molecule has 1 atom stereocenters. The molecular formula is C20H29N3O3. The van der Waals surface area contributed by atoms with Gasteiger partial charge in [0.1, 0.15) is 0 Å². The molecule has 1 saturated heterocycles. The Labute approximate surface area is 155 Å². The Morgan fingerprint density at radius 1 is 1.23 bits per heavy atom. The number of hydrogen-bond donors (Lipinski definition) is 1. The molecule has 2 heterocycles. The molecule has 0 aromatic heterocycles. The van der Waals surface area contributed by atoms with Crippen molar-refractivity contribution in [1.29, 1.82) is 0 Å². The molecule has 0 saturated carbocycles. The number of rotatable bonds is 5. The Hall–Kier alpha value is -2.08. The van der Waals surface area contributed by atoms with Crippen LogP contribution in [-0.2, 0) is 16.0 Å². The van der Waals surface area contributed by atoms with Crippen molar-refractivity contribution in [2.45, 2.75) is 51.6 Å². The second-order valence-electron chi connectivity index (χ2n) is 7.11. The van der Waals surface area contributed by atoms with Crippen molar-refractivity contribution in [3.8, 4) is 0 Å². The number of nitrogens with zero attached hydrogens (tertiary/aromatic N) is 2. The minimum atomic E-state index is -0.220. The molecule has 0 aliphatic carbocycles. The predicted octanol–water partition coefficient (Wildman–Crippen LogP) is 2.56. The topological polar surface area (TPSA) is 61.9 Å². The molecule has 1 aromatic carbocycles. The van der Waals surface area contributed by atoms with Crippen LogP contribution in [0.3, 0.4) is 0 Å². The van der Waals surface area contributed by atoms with Crippen molar-refractivity contribution < 1.29 is 14.3 Å². The maximum atomic E-state index is 12.7. The van der Waals surface area contributed by atoms with Crippen LogP contribution in [0.25, 0.3) is 0 Å². The fraction of sp³-hybridized carbons (Fsp3) is 0.600. The number of benzene rings is 1. The number of carbonyl (C=O) groups is 2. The van der Waals surface area contributed by atoms with E-state index in [1.165, 1.54) is 5.56 Å². The van der Waals surface area contributed by atoms with Gasteiger partial charge in [-0.05, 0) is 44.7 Å². The molecule has 1 aromatic rings. The number of hydrogen-bond acceptors (Lipinski definition) is 4. The summed E-state index contributed by atoms with van der Waals surface area (Å²) < 4.78 is 5.04. The summed E-state index contributed by atoms with van der Waals surface area (Å²) in [7, 11) is 0. The number of fused-ring (bicyclic) bond motifs is 1. The number of carbonyl (C=O) groups excluding carboxylic acids is 2. The van der Waals surface area contributed by atoms with E-state index in [0.29, 0.717) is 38.7 Å². The van der Waals surface area contributed by atoms with E-state index in [1.807, 2.05) is 30.0 Å². The van der Waals surface area contributed by atoms with Crippen molar-refractivity contribution in [2.24, 2.45) is 0 Å². The third-order valence-corrected chi connectivity index (χ3v) is 5.27. The number of nitrogens with one attached hydrogen (secondary N) is 1. The molecule has 1 fully saturated rings. The Morgan fingerprint density at radius 3 is 2.69 bits per heavy atom. The van der Waals surface area contributed by atoms with E-state index in [-0.39, 0.29) is 18.0 Å². The quantitative estimate of drug-likeness (QED) is 0.878. The van der Waals surface area contributed by atoms with Gasteiger partial charge >= 0.3 is 6.09 Å². The maximum Gasteiger partial charge on any atom is 0.409 e. The number of ether oxygens (including phenoxy) is 1. The van der Waals surface area contributed by atoms with Crippen LogP contribution in [0.4, 0.5) is 10.5 Å². The van der Waals surface area contributed by atoms with Gasteiger partial charge in [0.25, 0.3) is 0 Å². The van der Waals surface area contributed by atoms with E-state index >= 15 is 0 Å². The highest BCUT2D eigenvalue weighted by atomic mass is 16.6. The van der Waals surface area contributed by atoms with Gasteiger partial charge in [-0.2, -0.15) is 0 Å². The molecule has 6 heteroatoms. The first-order valence-corrected chi connectivity index (χ1v) is 9.65. The Morgan fingerprint density at radius 2 is 1.96 bits per heavy atom. The summed E-state index contributed by atoms with van der Waals surface area (Å²) in [5, 5.41) is 3.48. The van der Waals surface area contributed by atoms with Crippen LogP contribution in [-0.4, -0.2) is 55.2 Å². The SMILES string of the molecule is CCOC(=O)N1CCC(NCCC(=O)N2c3ccccc3CC2C)CC1. The van der Waals surface area contributed by atoms with Crippen LogP contribution >= 0.6 is 0 Å². The third kappa shape index (κ3) is 4.18. The van der Waals surface area contributed by atoms with E-state index in [4.69, 9.17) is 4.74 Å². The lowest BCUT2D eigenvalue weighted by Gasteiger charge is -2.32. The molecule has 3 rings (SSSR count). The molecule has 26 heavy (non-hydrogen) atoms. The normalized spacial score (nSPS) is 20.2. The van der Waals surface area contributed by atoms with Gasteiger partial charge < -0.3 is 19.9 Å². The Bertz CT molecular complexity index is 641. The number of piperidine rings is 1. The van der Waals surface area contributed by atoms with Crippen LogP contribution in [0, 0.1) is 0 Å². The van der Waals surface area contributed by atoms with Crippen LogP contribution < -0.4 is 10.2 Å². The van der Waals surface area contributed by atoms with Gasteiger partial charge in [0.15, 0.2) is 0 Å². The highest BCUT2D eigenvalue weighted by molar-refractivity contribution is 5.96. The summed E-state index contributed by atoms with van der Waals surface area (Å²) in [6.45, 7) is 6.44. The van der Waals surface area contributed by atoms with Crippen molar-refractivity contribution >= 4 is 17.7 Å². The van der Waals surface area contributed by atoms with Crippen LogP contribution in [0.5, 0.6) is 0 Å². The standard InChI is InChI=1S/C20H29N3O3/c1-3-26-20(25)22-12-9-17(10-13-22)21-11-8-19(24)23-15(2)14-16-6-4-5-7-18(16)23/h4-7,15,17,21H,3,8-14H2,1-2H3. The largest absolute Gasteiger partial charge is 0.450 e. The highest BCUT2D eigenvalue weighted by Gasteiger charge is 2.30. The van der Waals surface area contributed by atoms with E-state index in [0.717, 1.165) is 24.9 Å². The molecule has 1 unspecified atom stereocenters. The Balaban J connectivity index is 1.42. The fourth-order valence-electron chi connectivity index (χ4n) is 3.93. The minimum Gasteiger partial charge on any atom is -0.450 e. The van der Waals surface area contributed by atoms with E-state index < -0.39 is 0 Å². The molecule has 2 aliphatic rings. The van der Waals surface area contributed by atoms with Gasteiger partial charge in [0, 0.05) is 43.8 Å². The molecule has 6 nitrogen and oxygen atoms in total. The molecule has 142 valence electrons. The van der Waals surface area contributed by atoms with E-state index in [1.54, 1.807) is 4.90 Å². The fourth-order valence-corrected chi connectivity index (χ4v) is 3.93. The van der Waals surface area contributed by atoms with Crippen molar-refractivity contribution in [3.05, 3.63) is 29.8 Å². The molecule has 2 aliphatic heterocycles. The molecule has 1 N–H and O–H groups in total. The van der Waals surface area contributed by atoms with Gasteiger partial charge in [0.2, 0.25) is 5.91 Å². The average molecular weight is 359 g/mol. The minimum absolute atomic E-state index is 0.180. The second-order valence-corrected chi connectivity index (χ2v) is 7.11. The molecule has 0 spiro atoms. The van der Waals surface area contributed by atoms with Gasteiger partial charge in [-0.3, -0.25) is 4.79 Å². The average Bonchev–Trinajstić information content (AvgIpc) is 2.98. The van der Waals surface area contributed by atoms with Gasteiger partial charge in [0.05, 0.1) is 6.61 Å². The molecule has 2 amide bonds. The van der Waals surface area contributed by atoms with Crippen molar-refractivity contribution in [3.63, 3.8) is 0 Å². The van der Waals surface area contributed by atoms with Gasteiger partial charge in [-0.1, -0.05) is 18.2 Å². The first-order valence-electron chi connectivity index (χ1n) is 9.65. The van der Waals surface area contributed by atoms with Crippen molar-refractivity contribution in [1.82, 2.24) is 10.2 Å².